The summed E-state index contributed by atoms with van der Waals surface area (Å²) in [5.41, 5.74) is 2.42. The minimum Gasteiger partial charge on any atom is -0.477 e. The van der Waals surface area contributed by atoms with Crippen molar-refractivity contribution in [2.75, 3.05) is 25.0 Å². The molecule has 32 heavy (non-hydrogen) atoms. The SMILES string of the molecule is C=C1CCC(C(=O)N(c2cc(-c3ccc(F)cc3)sc2C(=O)O)C2CC[NH+](C)CC2)CC1. The number of hydrogen-bond acceptors (Lipinski definition) is 3. The van der Waals surface area contributed by atoms with Gasteiger partial charge in [0.15, 0.2) is 0 Å². The minimum atomic E-state index is -1.04. The third-order valence-corrected chi connectivity index (χ3v) is 7.91. The van der Waals surface area contributed by atoms with E-state index in [2.05, 4.69) is 13.6 Å². The van der Waals surface area contributed by atoms with Crippen molar-refractivity contribution >= 4 is 28.9 Å². The summed E-state index contributed by atoms with van der Waals surface area (Å²) in [6, 6.07) is 7.83. The summed E-state index contributed by atoms with van der Waals surface area (Å²) in [7, 11) is 2.15. The number of benzene rings is 1. The molecule has 1 saturated carbocycles. The number of carbonyl (C=O) groups excluding carboxylic acids is 1. The van der Waals surface area contributed by atoms with Crippen LogP contribution in [0.1, 0.15) is 48.2 Å². The molecule has 7 heteroatoms. The van der Waals surface area contributed by atoms with Gasteiger partial charge in [0.2, 0.25) is 5.91 Å². The number of nitrogens with zero attached hydrogens (tertiary/aromatic N) is 1. The second-order valence-corrected chi connectivity index (χ2v) is 10.1. The van der Waals surface area contributed by atoms with Gasteiger partial charge < -0.3 is 14.9 Å². The van der Waals surface area contributed by atoms with E-state index in [1.54, 1.807) is 17.0 Å². The van der Waals surface area contributed by atoms with Crippen LogP contribution in [0.5, 0.6) is 0 Å². The van der Waals surface area contributed by atoms with Gasteiger partial charge in [0.25, 0.3) is 0 Å². The first-order chi connectivity index (χ1) is 15.3. The van der Waals surface area contributed by atoms with E-state index in [4.69, 9.17) is 0 Å². The number of carbonyl (C=O) groups is 2. The lowest BCUT2D eigenvalue weighted by molar-refractivity contribution is -0.884. The lowest BCUT2D eigenvalue weighted by Gasteiger charge is -2.38. The predicted molar refractivity (Wildman–Crippen MR) is 125 cm³/mol. The van der Waals surface area contributed by atoms with Crippen LogP contribution in [0.25, 0.3) is 10.4 Å². The summed E-state index contributed by atoms with van der Waals surface area (Å²) in [5.74, 6) is -1.45. The Morgan fingerprint density at radius 2 is 1.75 bits per heavy atom. The Kier molecular flexibility index (Phi) is 6.76. The standard InChI is InChI=1S/C25H29FN2O3S/c1-16-3-5-18(6-4-16)24(29)28(20-11-13-27(2)14-12-20)21-15-22(32-23(21)25(30)31)17-7-9-19(26)10-8-17/h7-10,15,18,20H,1,3-6,11-14H2,2H3,(H,30,31)/p+1. The maximum Gasteiger partial charge on any atom is 0.348 e. The van der Waals surface area contributed by atoms with Crippen LogP contribution in [0.2, 0.25) is 0 Å². The lowest BCUT2D eigenvalue weighted by atomic mass is 9.85. The zero-order chi connectivity index (χ0) is 22.8. The maximum atomic E-state index is 13.8. The normalized spacial score (nSPS) is 22.0. The van der Waals surface area contributed by atoms with Crippen LogP contribution in [-0.2, 0) is 4.79 Å². The van der Waals surface area contributed by atoms with E-state index in [0.717, 1.165) is 73.4 Å². The van der Waals surface area contributed by atoms with Gasteiger partial charge in [-0.05, 0) is 49.4 Å². The molecule has 0 radical (unpaired) electrons. The Balaban J connectivity index is 1.74. The zero-order valence-electron chi connectivity index (χ0n) is 18.4. The van der Waals surface area contributed by atoms with Crippen LogP contribution in [0, 0.1) is 11.7 Å². The average molecular weight is 458 g/mol. The third kappa shape index (κ3) is 4.79. The van der Waals surface area contributed by atoms with Gasteiger partial charge in [0.1, 0.15) is 10.7 Å². The van der Waals surface area contributed by atoms with Crippen molar-refractivity contribution < 1.29 is 24.0 Å². The van der Waals surface area contributed by atoms with Crippen LogP contribution < -0.4 is 9.80 Å². The van der Waals surface area contributed by atoms with E-state index < -0.39 is 5.97 Å². The van der Waals surface area contributed by atoms with Gasteiger partial charge in [-0.2, -0.15) is 0 Å². The molecular weight excluding hydrogens is 427 g/mol. The highest BCUT2D eigenvalue weighted by Gasteiger charge is 2.37. The minimum absolute atomic E-state index is 0.00917. The molecule has 2 heterocycles. The molecule has 1 aliphatic carbocycles. The molecule has 4 rings (SSSR count). The molecule has 1 aliphatic heterocycles. The maximum absolute atomic E-state index is 13.8. The van der Waals surface area contributed by atoms with Crippen LogP contribution in [0.15, 0.2) is 42.5 Å². The number of piperidine rings is 1. The smallest absolute Gasteiger partial charge is 0.348 e. The van der Waals surface area contributed by atoms with Gasteiger partial charge in [-0.3, -0.25) is 4.79 Å². The first-order valence-electron chi connectivity index (χ1n) is 11.3. The van der Waals surface area contributed by atoms with Crippen molar-refractivity contribution in [3.05, 3.63) is 53.2 Å². The van der Waals surface area contributed by atoms with Gasteiger partial charge in [-0.1, -0.05) is 24.3 Å². The zero-order valence-corrected chi connectivity index (χ0v) is 19.2. The fourth-order valence-electron chi connectivity index (χ4n) is 4.79. The fourth-order valence-corrected chi connectivity index (χ4v) is 5.78. The van der Waals surface area contributed by atoms with Gasteiger partial charge in [-0.25, -0.2) is 9.18 Å². The lowest BCUT2D eigenvalue weighted by Crippen LogP contribution is -3.10. The highest BCUT2D eigenvalue weighted by molar-refractivity contribution is 7.18. The Hall–Kier alpha value is -2.51. The molecule has 0 spiro atoms. The largest absolute Gasteiger partial charge is 0.477 e. The molecule has 1 saturated heterocycles. The average Bonchev–Trinajstić information content (AvgIpc) is 3.21. The predicted octanol–water partition coefficient (Wildman–Crippen LogP) is 4.01. The number of hydrogen-bond donors (Lipinski definition) is 2. The molecule has 170 valence electrons. The highest BCUT2D eigenvalue weighted by atomic mass is 32.1. The van der Waals surface area contributed by atoms with Crippen LogP contribution in [0.4, 0.5) is 10.1 Å². The topological polar surface area (TPSA) is 62.0 Å². The van der Waals surface area contributed by atoms with E-state index in [-0.39, 0.29) is 28.6 Å². The van der Waals surface area contributed by atoms with Crippen molar-refractivity contribution in [2.45, 2.75) is 44.6 Å². The Bertz CT molecular complexity index is 999. The summed E-state index contributed by atoms with van der Waals surface area (Å²) < 4.78 is 13.4. The van der Waals surface area contributed by atoms with Crippen molar-refractivity contribution in [3.8, 4) is 10.4 Å². The number of rotatable bonds is 5. The van der Waals surface area contributed by atoms with Crippen molar-refractivity contribution in [1.29, 1.82) is 0 Å². The van der Waals surface area contributed by atoms with Crippen LogP contribution >= 0.6 is 11.3 Å². The summed E-state index contributed by atoms with van der Waals surface area (Å²) >= 11 is 1.15. The number of aromatic carboxylic acids is 1. The molecule has 2 N–H and O–H groups in total. The molecule has 2 aliphatic rings. The second-order valence-electron chi connectivity index (χ2n) is 9.06. The molecule has 1 aromatic carbocycles. The number of quaternary nitrogens is 1. The van der Waals surface area contributed by atoms with Crippen molar-refractivity contribution in [3.63, 3.8) is 0 Å². The molecule has 0 bridgehead atoms. The molecule has 2 fully saturated rings. The van der Waals surface area contributed by atoms with Crippen molar-refractivity contribution in [2.24, 2.45) is 5.92 Å². The first-order valence-corrected chi connectivity index (χ1v) is 12.1. The van der Waals surface area contributed by atoms with Crippen LogP contribution in [-0.4, -0.2) is 43.2 Å². The van der Waals surface area contributed by atoms with E-state index >= 15 is 0 Å². The van der Waals surface area contributed by atoms with Crippen LogP contribution in [0.3, 0.4) is 0 Å². The summed E-state index contributed by atoms with van der Waals surface area (Å²) in [5, 5.41) is 9.98. The number of carboxylic acid groups (broad SMARTS) is 1. The molecule has 2 aromatic rings. The Morgan fingerprint density at radius 1 is 1.12 bits per heavy atom. The van der Waals surface area contributed by atoms with E-state index in [1.807, 2.05) is 6.07 Å². The van der Waals surface area contributed by atoms with Gasteiger partial charge in [-0.15, -0.1) is 11.3 Å². The second kappa shape index (κ2) is 9.55. The summed E-state index contributed by atoms with van der Waals surface area (Å²) in [6.07, 6.45) is 4.92. The molecule has 5 nitrogen and oxygen atoms in total. The number of amides is 1. The summed E-state index contributed by atoms with van der Waals surface area (Å²) in [4.78, 5) is 30.1. The van der Waals surface area contributed by atoms with Crippen molar-refractivity contribution in [1.82, 2.24) is 0 Å². The van der Waals surface area contributed by atoms with Gasteiger partial charge in [0, 0.05) is 29.7 Å². The van der Waals surface area contributed by atoms with E-state index in [0.29, 0.717) is 5.69 Å². The number of nitrogens with one attached hydrogen (secondary N) is 1. The Morgan fingerprint density at radius 3 is 2.34 bits per heavy atom. The monoisotopic (exact) mass is 457 g/mol. The number of likely N-dealkylation sites (tertiary alicyclic amines) is 1. The molecule has 1 amide bonds. The summed E-state index contributed by atoms with van der Waals surface area (Å²) in [6.45, 7) is 5.96. The van der Waals surface area contributed by atoms with Gasteiger partial charge in [0.05, 0.1) is 25.8 Å². The quantitative estimate of drug-likeness (QED) is 0.667. The Labute approximate surface area is 192 Å². The van der Waals surface area contributed by atoms with Gasteiger partial charge >= 0.3 is 5.97 Å². The van der Waals surface area contributed by atoms with E-state index in [1.165, 1.54) is 22.6 Å². The molecular formula is C25H30FN2O3S+. The molecule has 1 aromatic heterocycles. The fraction of sp³-hybridized carbons (Fsp3) is 0.440. The molecule has 0 atom stereocenters. The van der Waals surface area contributed by atoms with E-state index in [9.17, 15) is 19.1 Å². The molecule has 0 unspecified atom stereocenters. The third-order valence-electron chi connectivity index (χ3n) is 6.75. The first kappa shape index (κ1) is 22.7. The number of carboxylic acids is 1. The number of thiophene rings is 1. The highest BCUT2D eigenvalue weighted by Crippen LogP contribution is 2.40. The number of halogens is 1. The number of allylic oxidation sites excluding steroid dienone is 1. The number of anilines is 1.